The van der Waals surface area contributed by atoms with Gasteiger partial charge in [-0.1, -0.05) is 44.0 Å². The zero-order chi connectivity index (χ0) is 24.3. The van der Waals surface area contributed by atoms with Gasteiger partial charge in [0.15, 0.2) is 12.4 Å². The fraction of sp³-hybridized carbons (Fsp3) is 0.385. The van der Waals surface area contributed by atoms with Gasteiger partial charge >= 0.3 is 5.97 Å². The summed E-state index contributed by atoms with van der Waals surface area (Å²) in [5.74, 6) is -1.55. The molecule has 6 atom stereocenters. The lowest BCUT2D eigenvalue weighted by Crippen LogP contribution is -2.37. The summed E-state index contributed by atoms with van der Waals surface area (Å²) in [6.07, 6.45) is 0.873. The molecule has 34 heavy (non-hydrogen) atoms. The van der Waals surface area contributed by atoms with Crippen LogP contribution in [0.2, 0.25) is 0 Å². The highest BCUT2D eigenvalue weighted by Gasteiger charge is 2.66. The largest absolute Gasteiger partial charge is 0.454 e. The Labute approximate surface area is 214 Å². The minimum atomic E-state index is -0.637. The first-order valence-corrected chi connectivity index (χ1v) is 13.1. The van der Waals surface area contributed by atoms with Crippen molar-refractivity contribution in [3.8, 4) is 0 Å². The Bertz CT molecular complexity index is 1180. The molecule has 2 bridgehead atoms. The summed E-state index contributed by atoms with van der Waals surface area (Å²) in [5.41, 5.74) is 3.27. The Kier molecular flexibility index (Phi) is 6.01. The minimum absolute atomic E-state index is 0.143. The molecule has 3 aliphatic rings. The number of amides is 2. The fourth-order valence-corrected chi connectivity index (χ4v) is 7.44. The van der Waals surface area contributed by atoms with Crippen LogP contribution in [0.4, 0.5) is 5.69 Å². The van der Waals surface area contributed by atoms with Crippen molar-refractivity contribution in [2.45, 2.75) is 29.9 Å². The molecule has 2 aromatic rings. The molecular formula is C26H23Br2NO5. The van der Waals surface area contributed by atoms with Crippen molar-refractivity contribution in [1.82, 2.24) is 0 Å². The van der Waals surface area contributed by atoms with Crippen LogP contribution in [-0.2, 0) is 14.3 Å². The molecule has 1 heterocycles. The Morgan fingerprint density at radius 1 is 0.882 bits per heavy atom. The number of alkyl halides is 2. The van der Waals surface area contributed by atoms with Gasteiger partial charge in [0, 0.05) is 15.2 Å². The maximum Gasteiger partial charge on any atom is 0.338 e. The number of aryl methyl sites for hydroxylation is 2. The van der Waals surface area contributed by atoms with Gasteiger partial charge in [0.2, 0.25) is 11.8 Å². The quantitative estimate of drug-likeness (QED) is 0.220. The van der Waals surface area contributed by atoms with Gasteiger partial charge < -0.3 is 4.74 Å². The molecule has 1 saturated heterocycles. The Hall–Kier alpha value is -2.32. The summed E-state index contributed by atoms with van der Waals surface area (Å²) in [4.78, 5) is 52.8. The number of ether oxygens (including phenoxy) is 1. The highest BCUT2D eigenvalue weighted by Crippen LogP contribution is 2.60. The summed E-state index contributed by atoms with van der Waals surface area (Å²) in [7, 11) is 0. The first-order valence-electron chi connectivity index (χ1n) is 11.2. The molecule has 0 N–H and O–H groups in total. The van der Waals surface area contributed by atoms with Crippen LogP contribution in [0.1, 0.15) is 38.3 Å². The van der Waals surface area contributed by atoms with Crippen LogP contribution in [-0.4, -0.2) is 39.8 Å². The Morgan fingerprint density at radius 2 is 1.44 bits per heavy atom. The average molecular weight is 589 g/mol. The van der Waals surface area contributed by atoms with Crippen molar-refractivity contribution in [3.63, 3.8) is 0 Å². The number of halogens is 2. The zero-order valence-corrected chi connectivity index (χ0v) is 21.8. The summed E-state index contributed by atoms with van der Waals surface area (Å²) in [6.45, 7) is 3.52. The first kappa shape index (κ1) is 23.4. The van der Waals surface area contributed by atoms with Gasteiger partial charge in [0.05, 0.1) is 23.1 Å². The standard InChI is InChI=1S/C26H23Br2NO5/c1-12-3-4-15(9-13(12)2)19(30)11-34-26(33)14-5-7-16(8-6-14)29-24(31)20-17-10-18(21(20)25(29)32)23(28)22(17)27/h3-9,17-18,20-23H,10-11H2,1-2H3/t17-,18-,20-,21-,22+,23+/m1/s1. The van der Waals surface area contributed by atoms with Gasteiger partial charge in [0.25, 0.3) is 0 Å². The third kappa shape index (κ3) is 3.66. The number of benzene rings is 2. The topological polar surface area (TPSA) is 80.8 Å². The number of ketones is 1. The number of anilines is 1. The molecule has 1 aliphatic heterocycles. The van der Waals surface area contributed by atoms with Gasteiger partial charge in [-0.25, -0.2) is 4.79 Å². The predicted molar refractivity (Wildman–Crippen MR) is 133 cm³/mol. The SMILES string of the molecule is Cc1ccc(C(=O)COC(=O)c2ccc(N3C(=O)[C@@H]4[C@H]5C[C@@H]([C@H](Br)[C@H]5Br)[C@H]4C3=O)cc2)cc1C. The fourth-order valence-electron chi connectivity index (χ4n) is 5.56. The van der Waals surface area contributed by atoms with E-state index in [4.69, 9.17) is 4.74 Å². The third-order valence-corrected chi connectivity index (χ3v) is 10.7. The second-order valence-electron chi connectivity index (χ2n) is 9.36. The highest BCUT2D eigenvalue weighted by atomic mass is 79.9. The van der Waals surface area contributed by atoms with Crippen LogP contribution in [0.25, 0.3) is 0 Å². The van der Waals surface area contributed by atoms with Crippen molar-refractivity contribution in [3.05, 3.63) is 64.7 Å². The second kappa shape index (κ2) is 8.72. The van der Waals surface area contributed by atoms with Gasteiger partial charge in [-0.3, -0.25) is 19.3 Å². The van der Waals surface area contributed by atoms with E-state index in [-0.39, 0.29) is 63.1 Å². The molecule has 176 valence electrons. The van der Waals surface area contributed by atoms with Gasteiger partial charge in [-0.2, -0.15) is 0 Å². The first-order chi connectivity index (χ1) is 16.2. The number of imide groups is 1. The van der Waals surface area contributed by atoms with E-state index in [1.807, 2.05) is 19.9 Å². The predicted octanol–water partition coefficient (Wildman–Crippen LogP) is 4.63. The third-order valence-electron chi connectivity index (χ3n) is 7.51. The van der Waals surface area contributed by atoms with Crippen LogP contribution in [0.15, 0.2) is 42.5 Å². The molecule has 3 fully saturated rings. The molecule has 0 radical (unpaired) electrons. The van der Waals surface area contributed by atoms with Crippen molar-refractivity contribution in [1.29, 1.82) is 0 Å². The van der Waals surface area contributed by atoms with Gasteiger partial charge in [-0.05, 0) is 73.6 Å². The van der Waals surface area contributed by atoms with Crippen molar-refractivity contribution >= 4 is 61.1 Å². The molecule has 5 rings (SSSR count). The normalized spacial score (nSPS) is 29.5. The van der Waals surface area contributed by atoms with Crippen LogP contribution in [0.3, 0.4) is 0 Å². The number of nitrogens with zero attached hydrogens (tertiary/aromatic N) is 1. The van der Waals surface area contributed by atoms with E-state index in [1.54, 1.807) is 24.3 Å². The molecule has 0 unspecified atom stereocenters. The number of hydrogen-bond donors (Lipinski definition) is 0. The van der Waals surface area contributed by atoms with Crippen molar-refractivity contribution in [2.24, 2.45) is 23.7 Å². The summed E-state index contributed by atoms with van der Waals surface area (Å²) in [6, 6.07) is 11.6. The lowest BCUT2D eigenvalue weighted by molar-refractivity contribution is -0.123. The van der Waals surface area contributed by atoms with Crippen molar-refractivity contribution in [2.75, 3.05) is 11.5 Å². The number of Topliss-reactive ketones (excluding diaryl/α,β-unsaturated/α-hetero) is 1. The van der Waals surface area contributed by atoms with E-state index in [2.05, 4.69) is 31.9 Å². The monoisotopic (exact) mass is 587 g/mol. The number of esters is 1. The number of fused-ring (bicyclic) bond motifs is 5. The zero-order valence-electron chi connectivity index (χ0n) is 18.7. The average Bonchev–Trinajstić information content (AvgIpc) is 3.44. The van der Waals surface area contributed by atoms with E-state index < -0.39 is 5.97 Å². The number of carbonyl (C=O) groups is 4. The minimum Gasteiger partial charge on any atom is -0.454 e. The number of carbonyl (C=O) groups excluding carboxylic acids is 4. The van der Waals surface area contributed by atoms with Crippen LogP contribution >= 0.6 is 31.9 Å². The highest BCUT2D eigenvalue weighted by molar-refractivity contribution is 9.12. The van der Waals surface area contributed by atoms with Gasteiger partial charge in [-0.15, -0.1) is 0 Å². The lowest BCUT2D eigenvalue weighted by atomic mass is 9.81. The second-order valence-corrected chi connectivity index (χ2v) is 11.5. The number of hydrogen-bond acceptors (Lipinski definition) is 5. The van der Waals surface area contributed by atoms with E-state index >= 15 is 0 Å². The number of rotatable bonds is 5. The van der Waals surface area contributed by atoms with Gasteiger partial charge in [0.1, 0.15) is 0 Å². The molecule has 2 amide bonds. The maximum atomic E-state index is 13.2. The summed E-state index contributed by atoms with van der Waals surface area (Å²) >= 11 is 7.38. The molecule has 8 heteroatoms. The lowest BCUT2D eigenvalue weighted by Gasteiger charge is -2.28. The maximum absolute atomic E-state index is 13.2. The smallest absolute Gasteiger partial charge is 0.338 e. The molecule has 2 aliphatic carbocycles. The molecule has 0 spiro atoms. The van der Waals surface area contributed by atoms with Crippen LogP contribution in [0, 0.1) is 37.5 Å². The van der Waals surface area contributed by atoms with E-state index in [1.165, 1.54) is 17.0 Å². The summed E-state index contributed by atoms with van der Waals surface area (Å²) in [5, 5.41) is 0. The molecule has 2 aromatic carbocycles. The molecule has 0 aromatic heterocycles. The molecule has 6 nitrogen and oxygen atoms in total. The summed E-state index contributed by atoms with van der Waals surface area (Å²) < 4.78 is 5.20. The van der Waals surface area contributed by atoms with E-state index in [0.717, 1.165) is 17.5 Å². The van der Waals surface area contributed by atoms with E-state index in [9.17, 15) is 19.2 Å². The van der Waals surface area contributed by atoms with Crippen molar-refractivity contribution < 1.29 is 23.9 Å². The van der Waals surface area contributed by atoms with Crippen LogP contribution in [0.5, 0.6) is 0 Å². The molecule has 2 saturated carbocycles. The van der Waals surface area contributed by atoms with E-state index in [0.29, 0.717) is 11.3 Å². The Balaban J connectivity index is 1.25. The molecular weight excluding hydrogens is 566 g/mol. The Morgan fingerprint density at radius 3 is 2.00 bits per heavy atom. The van der Waals surface area contributed by atoms with Crippen LogP contribution < -0.4 is 4.90 Å².